The molecule has 2 aliphatic rings. The molecule has 0 unspecified atom stereocenters. The van der Waals surface area contributed by atoms with Crippen LogP contribution in [-0.4, -0.2) is 41.3 Å². The van der Waals surface area contributed by atoms with Crippen LogP contribution in [-0.2, 0) is 19.0 Å². The van der Waals surface area contributed by atoms with E-state index in [1.54, 1.807) is 13.8 Å². The summed E-state index contributed by atoms with van der Waals surface area (Å²) in [5.41, 5.74) is -1.16. The summed E-state index contributed by atoms with van der Waals surface area (Å²) in [6.45, 7) is 4.66. The van der Waals surface area contributed by atoms with Gasteiger partial charge in [0, 0.05) is 6.92 Å². The maximum atomic E-state index is 10.8. The predicted molar refractivity (Wildman–Crippen MR) is 45.4 cm³/mol. The van der Waals surface area contributed by atoms with E-state index in [0.29, 0.717) is 0 Å². The summed E-state index contributed by atoms with van der Waals surface area (Å²) in [5, 5.41) is 10.1. The van der Waals surface area contributed by atoms with Crippen LogP contribution < -0.4 is 0 Å². The van der Waals surface area contributed by atoms with E-state index in [9.17, 15) is 9.90 Å². The molecular formula is C9H14O5. The van der Waals surface area contributed by atoms with Crippen molar-refractivity contribution in [3.8, 4) is 0 Å². The smallest absolute Gasteiger partial charge is 0.303 e. The molecule has 0 aromatic rings. The zero-order chi connectivity index (χ0) is 10.5. The van der Waals surface area contributed by atoms with Crippen LogP contribution in [0.25, 0.3) is 0 Å². The van der Waals surface area contributed by atoms with Crippen molar-refractivity contribution in [2.75, 3.05) is 0 Å². The fourth-order valence-corrected chi connectivity index (χ4v) is 1.93. The van der Waals surface area contributed by atoms with E-state index in [-0.39, 0.29) is 18.5 Å². The van der Waals surface area contributed by atoms with Gasteiger partial charge in [0.1, 0.15) is 11.7 Å². The Morgan fingerprint density at radius 1 is 1.50 bits per heavy atom. The first-order valence-electron chi connectivity index (χ1n) is 4.63. The monoisotopic (exact) mass is 202 g/mol. The standard InChI is InChI=1S/C9H14O5/c1-4-6(13-5(2)10)9(3,11)7-8(12-4)14-7/h4,6-8,11H,1-3H3/t4-,6-,7+,8-,9-/m0/s1. The summed E-state index contributed by atoms with van der Waals surface area (Å²) < 4.78 is 15.5. The Kier molecular flexibility index (Phi) is 2.06. The molecular weight excluding hydrogens is 188 g/mol. The molecule has 0 radical (unpaired) electrons. The molecule has 2 rings (SSSR count). The van der Waals surface area contributed by atoms with Gasteiger partial charge in [0.2, 0.25) is 0 Å². The lowest BCUT2D eigenvalue weighted by atomic mass is 9.89. The number of carbonyl (C=O) groups excluding carboxylic acids is 1. The Balaban J connectivity index is 2.14. The van der Waals surface area contributed by atoms with Crippen molar-refractivity contribution in [1.82, 2.24) is 0 Å². The Morgan fingerprint density at radius 2 is 2.14 bits per heavy atom. The highest BCUT2D eigenvalue weighted by Gasteiger charge is 2.63. The number of epoxide rings is 1. The molecule has 0 saturated carbocycles. The van der Waals surface area contributed by atoms with Gasteiger partial charge in [-0.2, -0.15) is 0 Å². The van der Waals surface area contributed by atoms with E-state index >= 15 is 0 Å². The van der Waals surface area contributed by atoms with Crippen LogP contribution in [0.3, 0.4) is 0 Å². The number of hydrogen-bond acceptors (Lipinski definition) is 5. The van der Waals surface area contributed by atoms with Crippen molar-refractivity contribution in [2.24, 2.45) is 0 Å². The van der Waals surface area contributed by atoms with Gasteiger partial charge in [-0.3, -0.25) is 4.79 Å². The summed E-state index contributed by atoms with van der Waals surface area (Å²) >= 11 is 0. The number of fused-ring (bicyclic) bond motifs is 1. The van der Waals surface area contributed by atoms with Crippen molar-refractivity contribution in [3.63, 3.8) is 0 Å². The number of hydrogen-bond donors (Lipinski definition) is 1. The van der Waals surface area contributed by atoms with Crippen molar-refractivity contribution in [1.29, 1.82) is 0 Å². The number of carbonyl (C=O) groups is 1. The third-order valence-corrected chi connectivity index (χ3v) is 2.67. The second-order valence-corrected chi connectivity index (χ2v) is 4.02. The molecule has 0 aliphatic carbocycles. The summed E-state index contributed by atoms with van der Waals surface area (Å²) in [4.78, 5) is 10.8. The first-order valence-corrected chi connectivity index (χ1v) is 4.63. The highest BCUT2D eigenvalue weighted by atomic mass is 16.8. The molecule has 1 N–H and O–H groups in total. The van der Waals surface area contributed by atoms with Gasteiger partial charge in [-0.15, -0.1) is 0 Å². The Labute approximate surface area is 81.9 Å². The normalized spacial score (nSPS) is 50.9. The zero-order valence-electron chi connectivity index (χ0n) is 8.39. The average Bonchev–Trinajstić information content (AvgIpc) is 2.77. The minimum absolute atomic E-state index is 0.341. The summed E-state index contributed by atoms with van der Waals surface area (Å²) in [7, 11) is 0. The van der Waals surface area contributed by atoms with Gasteiger partial charge in [-0.05, 0) is 13.8 Å². The second-order valence-electron chi connectivity index (χ2n) is 4.02. The van der Waals surface area contributed by atoms with E-state index in [1.807, 2.05) is 0 Å². The maximum Gasteiger partial charge on any atom is 0.303 e. The number of aliphatic hydroxyl groups is 1. The molecule has 0 aromatic heterocycles. The van der Waals surface area contributed by atoms with Crippen LogP contribution in [0.4, 0.5) is 0 Å². The van der Waals surface area contributed by atoms with Gasteiger partial charge in [0.15, 0.2) is 12.4 Å². The van der Waals surface area contributed by atoms with E-state index in [4.69, 9.17) is 14.2 Å². The fraction of sp³-hybridized carbons (Fsp3) is 0.889. The van der Waals surface area contributed by atoms with Crippen molar-refractivity contribution >= 4 is 5.97 Å². The molecule has 5 heteroatoms. The van der Waals surface area contributed by atoms with E-state index < -0.39 is 17.7 Å². The van der Waals surface area contributed by atoms with Crippen LogP contribution in [0.5, 0.6) is 0 Å². The molecule has 2 fully saturated rings. The topological polar surface area (TPSA) is 68.3 Å². The van der Waals surface area contributed by atoms with Crippen LogP contribution in [0.2, 0.25) is 0 Å². The second kappa shape index (κ2) is 2.92. The van der Waals surface area contributed by atoms with Crippen LogP contribution in [0.15, 0.2) is 0 Å². The molecule has 14 heavy (non-hydrogen) atoms. The number of esters is 1. The molecule has 5 atom stereocenters. The average molecular weight is 202 g/mol. The molecule has 80 valence electrons. The quantitative estimate of drug-likeness (QED) is 0.471. The molecule has 0 spiro atoms. The predicted octanol–water partition coefficient (Wildman–Crippen LogP) is -0.187. The third kappa shape index (κ3) is 1.41. The van der Waals surface area contributed by atoms with E-state index in [1.165, 1.54) is 6.92 Å². The Morgan fingerprint density at radius 3 is 2.71 bits per heavy atom. The maximum absolute atomic E-state index is 10.8. The minimum Gasteiger partial charge on any atom is -0.457 e. The van der Waals surface area contributed by atoms with Gasteiger partial charge < -0.3 is 19.3 Å². The molecule has 2 heterocycles. The van der Waals surface area contributed by atoms with Crippen molar-refractivity contribution in [3.05, 3.63) is 0 Å². The summed E-state index contributed by atoms with van der Waals surface area (Å²) in [5.74, 6) is -0.426. The van der Waals surface area contributed by atoms with Crippen molar-refractivity contribution in [2.45, 2.75) is 51.0 Å². The summed E-state index contributed by atoms with van der Waals surface area (Å²) in [6.07, 6.45) is -1.73. The molecule has 2 saturated heterocycles. The molecule has 2 aliphatic heterocycles. The van der Waals surface area contributed by atoms with Gasteiger partial charge >= 0.3 is 5.97 Å². The Hall–Kier alpha value is -0.650. The van der Waals surface area contributed by atoms with Crippen LogP contribution in [0, 0.1) is 0 Å². The Bertz CT molecular complexity index is 262. The number of ether oxygens (including phenoxy) is 3. The SMILES string of the molecule is CC(=O)O[C@H]1[C@H](C)O[C@H]2O[C@H]2[C@@]1(C)O. The highest BCUT2D eigenvalue weighted by molar-refractivity contribution is 5.66. The lowest BCUT2D eigenvalue weighted by Gasteiger charge is -2.37. The van der Waals surface area contributed by atoms with Gasteiger partial charge in [-0.25, -0.2) is 0 Å². The highest BCUT2D eigenvalue weighted by Crippen LogP contribution is 2.43. The van der Waals surface area contributed by atoms with E-state index in [0.717, 1.165) is 0 Å². The lowest BCUT2D eigenvalue weighted by Crippen LogP contribution is -2.56. The van der Waals surface area contributed by atoms with E-state index in [2.05, 4.69) is 0 Å². The van der Waals surface area contributed by atoms with Gasteiger partial charge in [0.05, 0.1) is 6.10 Å². The molecule has 0 amide bonds. The minimum atomic E-state index is -1.16. The lowest BCUT2D eigenvalue weighted by molar-refractivity contribution is -0.196. The van der Waals surface area contributed by atoms with Crippen LogP contribution >= 0.6 is 0 Å². The van der Waals surface area contributed by atoms with Gasteiger partial charge in [0.25, 0.3) is 0 Å². The molecule has 0 aromatic carbocycles. The van der Waals surface area contributed by atoms with Gasteiger partial charge in [-0.1, -0.05) is 0 Å². The molecule has 5 nitrogen and oxygen atoms in total. The third-order valence-electron chi connectivity index (χ3n) is 2.67. The fourth-order valence-electron chi connectivity index (χ4n) is 1.93. The van der Waals surface area contributed by atoms with Crippen LogP contribution in [0.1, 0.15) is 20.8 Å². The van der Waals surface area contributed by atoms with Crippen molar-refractivity contribution < 1.29 is 24.1 Å². The largest absolute Gasteiger partial charge is 0.457 e. The first kappa shape index (κ1) is 9.89. The zero-order valence-corrected chi connectivity index (χ0v) is 8.39. The first-order chi connectivity index (χ1) is 6.43. The number of rotatable bonds is 1. The summed E-state index contributed by atoms with van der Waals surface area (Å²) in [6, 6.07) is 0. The molecule has 0 bridgehead atoms.